The Morgan fingerprint density at radius 1 is 0.750 bits per heavy atom. The number of hydrogen-bond donors (Lipinski definition) is 1. The van der Waals surface area contributed by atoms with Gasteiger partial charge in [-0.2, -0.15) is 0 Å². The largest absolute Gasteiger partial charge is 2.00 e. The van der Waals surface area contributed by atoms with E-state index in [0.29, 0.717) is 0 Å². The predicted octanol–water partition coefficient (Wildman–Crippen LogP) is -6.21. The number of halogens is 2. The first-order chi connectivity index (χ1) is 0. The van der Waals surface area contributed by atoms with Gasteiger partial charge in [0.1, 0.15) is 0 Å². The smallest absolute Gasteiger partial charge is 1.00 e. The van der Waals surface area contributed by atoms with Gasteiger partial charge in [0, 0.05) is 0 Å². The molecule has 0 unspecified atom stereocenters. The van der Waals surface area contributed by atoms with Gasteiger partial charge in [0.05, 0.1) is 0 Å². The SMILES string of the molecule is N.[Br-].[Br-].[Mg+2]. The van der Waals surface area contributed by atoms with Crippen LogP contribution in [0, 0.1) is 0 Å². The molecule has 4 heteroatoms. The molecule has 24 valence electrons. The second-order valence-corrected chi connectivity index (χ2v) is 0. The van der Waals surface area contributed by atoms with Crippen LogP contribution in [0.3, 0.4) is 0 Å². The molecule has 0 aromatic rings. The molecule has 0 radical (unpaired) electrons. The van der Waals surface area contributed by atoms with E-state index in [4.69, 9.17) is 0 Å². The van der Waals surface area contributed by atoms with Crippen molar-refractivity contribution in [2.45, 2.75) is 0 Å². The fourth-order valence-corrected chi connectivity index (χ4v) is 0. The summed E-state index contributed by atoms with van der Waals surface area (Å²) in [4.78, 5) is 0. The van der Waals surface area contributed by atoms with Crippen LogP contribution in [-0.4, -0.2) is 23.1 Å². The van der Waals surface area contributed by atoms with Crippen molar-refractivity contribution in [1.29, 1.82) is 0 Å². The Morgan fingerprint density at radius 3 is 0.750 bits per heavy atom. The van der Waals surface area contributed by atoms with Crippen molar-refractivity contribution in [2.75, 3.05) is 0 Å². The van der Waals surface area contributed by atoms with Gasteiger partial charge in [0.2, 0.25) is 0 Å². The topological polar surface area (TPSA) is 35.0 Å². The monoisotopic (exact) mass is 199 g/mol. The molecule has 0 aromatic heterocycles. The maximum Gasteiger partial charge on any atom is 2.00 e. The summed E-state index contributed by atoms with van der Waals surface area (Å²) >= 11 is 0. The van der Waals surface area contributed by atoms with E-state index in [2.05, 4.69) is 0 Å². The minimum atomic E-state index is 0. The Balaban J connectivity index is 0. The molecule has 0 bridgehead atoms. The second-order valence-electron chi connectivity index (χ2n) is 0. The summed E-state index contributed by atoms with van der Waals surface area (Å²) in [6, 6.07) is 0. The van der Waals surface area contributed by atoms with E-state index in [1.54, 1.807) is 0 Å². The van der Waals surface area contributed by atoms with E-state index < -0.39 is 0 Å². The van der Waals surface area contributed by atoms with Crippen LogP contribution < -0.4 is 40.1 Å². The van der Waals surface area contributed by atoms with Crippen molar-refractivity contribution in [3.05, 3.63) is 0 Å². The number of hydrogen-bond acceptors (Lipinski definition) is 1. The fourth-order valence-electron chi connectivity index (χ4n) is 0. The van der Waals surface area contributed by atoms with Crippen molar-refractivity contribution in [1.82, 2.24) is 6.15 Å². The summed E-state index contributed by atoms with van der Waals surface area (Å²) in [5.74, 6) is 0. The third kappa shape index (κ3) is 9.35. The van der Waals surface area contributed by atoms with Crippen molar-refractivity contribution in [2.24, 2.45) is 0 Å². The summed E-state index contributed by atoms with van der Waals surface area (Å²) < 4.78 is 0. The first kappa shape index (κ1) is 43.9. The first-order valence-corrected chi connectivity index (χ1v) is 0. The van der Waals surface area contributed by atoms with Gasteiger partial charge >= 0.3 is 23.1 Å². The molecule has 0 fully saturated rings. The normalized spacial score (nSPS) is 0. The first-order valence-electron chi connectivity index (χ1n) is 0. The average molecular weight is 201 g/mol. The Labute approximate surface area is 62.8 Å². The summed E-state index contributed by atoms with van der Waals surface area (Å²) in [6.45, 7) is 0. The third-order valence-corrected chi connectivity index (χ3v) is 0. The Bertz CT molecular complexity index is 6.00. The van der Waals surface area contributed by atoms with Crippen LogP contribution >= 0.6 is 0 Å². The zero-order chi connectivity index (χ0) is 0. The molecule has 0 saturated carbocycles. The summed E-state index contributed by atoms with van der Waals surface area (Å²) in [6.07, 6.45) is 0. The standard InChI is InChI=1S/2BrH.Mg.H3N/h2*1H;;1H3/q;;+2;/p-2. The van der Waals surface area contributed by atoms with Crippen molar-refractivity contribution < 1.29 is 34.0 Å². The van der Waals surface area contributed by atoms with Gasteiger partial charge in [-0.25, -0.2) is 0 Å². The molecule has 0 heterocycles. The molecule has 0 spiro atoms. The van der Waals surface area contributed by atoms with Gasteiger partial charge in [-0.3, -0.25) is 0 Å². The molecule has 0 atom stereocenters. The van der Waals surface area contributed by atoms with Gasteiger partial charge in [-0.05, 0) is 0 Å². The van der Waals surface area contributed by atoms with E-state index in [0.717, 1.165) is 0 Å². The molecular formula is H3Br2MgN. The van der Waals surface area contributed by atoms with Gasteiger partial charge in [-0.1, -0.05) is 0 Å². The van der Waals surface area contributed by atoms with Crippen LogP contribution in [0.2, 0.25) is 0 Å². The summed E-state index contributed by atoms with van der Waals surface area (Å²) in [5, 5.41) is 0. The van der Waals surface area contributed by atoms with Gasteiger partial charge in [0.25, 0.3) is 0 Å². The zero-order valence-corrected chi connectivity index (χ0v) is 6.76. The van der Waals surface area contributed by atoms with Crippen molar-refractivity contribution in [3.63, 3.8) is 0 Å². The van der Waals surface area contributed by atoms with E-state index in [1.807, 2.05) is 0 Å². The van der Waals surface area contributed by atoms with Crippen molar-refractivity contribution in [3.8, 4) is 0 Å². The van der Waals surface area contributed by atoms with Crippen molar-refractivity contribution >= 4 is 23.1 Å². The third-order valence-electron chi connectivity index (χ3n) is 0. The van der Waals surface area contributed by atoms with Crippen LogP contribution in [-0.2, 0) is 0 Å². The maximum absolute atomic E-state index is 0. The Kier molecular flexibility index (Phi) is 246. The molecule has 0 rings (SSSR count). The van der Waals surface area contributed by atoms with E-state index in [9.17, 15) is 0 Å². The van der Waals surface area contributed by atoms with Crippen LogP contribution in [0.15, 0.2) is 0 Å². The number of rotatable bonds is 0. The maximum atomic E-state index is 0. The minimum absolute atomic E-state index is 0. The molecule has 0 aliphatic carbocycles. The van der Waals surface area contributed by atoms with E-state index >= 15 is 0 Å². The molecule has 0 aliphatic heterocycles. The van der Waals surface area contributed by atoms with Crippen LogP contribution in [0.5, 0.6) is 0 Å². The van der Waals surface area contributed by atoms with E-state index in [-0.39, 0.29) is 63.2 Å². The average Bonchev–Trinajstić information content (AvgIpc) is 0. The molecule has 1 nitrogen and oxygen atoms in total. The quantitative estimate of drug-likeness (QED) is 0.389. The second kappa shape index (κ2) is 22.4. The molecule has 4 heavy (non-hydrogen) atoms. The van der Waals surface area contributed by atoms with Crippen LogP contribution in [0.1, 0.15) is 0 Å². The molecule has 3 N–H and O–H groups in total. The minimum Gasteiger partial charge on any atom is -1.00 e. The zero-order valence-electron chi connectivity index (χ0n) is 2.17. The van der Waals surface area contributed by atoms with E-state index in [1.165, 1.54) is 0 Å². The van der Waals surface area contributed by atoms with Crippen LogP contribution in [0.25, 0.3) is 0 Å². The molecular weight excluding hydrogens is 198 g/mol. The van der Waals surface area contributed by atoms with Gasteiger partial charge in [0.15, 0.2) is 0 Å². The van der Waals surface area contributed by atoms with Gasteiger partial charge in [-0.15, -0.1) is 0 Å². The molecule has 0 aliphatic rings. The molecule has 0 amide bonds. The Hall–Kier alpha value is 1.69. The van der Waals surface area contributed by atoms with Gasteiger partial charge < -0.3 is 40.1 Å². The predicted molar refractivity (Wildman–Crippen MR) is 10.8 cm³/mol. The molecule has 0 saturated heterocycles. The summed E-state index contributed by atoms with van der Waals surface area (Å²) in [5.41, 5.74) is 0. The fraction of sp³-hybridized carbons (Fsp3) is 0. The molecule has 0 aromatic carbocycles. The summed E-state index contributed by atoms with van der Waals surface area (Å²) in [7, 11) is 0. The van der Waals surface area contributed by atoms with Crippen LogP contribution in [0.4, 0.5) is 0 Å². The Morgan fingerprint density at radius 2 is 0.750 bits per heavy atom.